The van der Waals surface area contributed by atoms with Crippen molar-refractivity contribution in [2.75, 3.05) is 60.7 Å². The average Bonchev–Trinajstić information content (AvgIpc) is 2.64. The molecule has 134 valence electrons. The van der Waals surface area contributed by atoms with E-state index in [0.717, 1.165) is 44.9 Å². The van der Waals surface area contributed by atoms with Crippen LogP contribution in [0.4, 0.5) is 4.79 Å². The standard InChI is InChI=1S/C17H27N3O4/c1-22-11-10-19-6-8-20(9-7-19)17(21)18-13-14-4-5-15(23-2)16(12-14)24-3/h4-5,12H,6-11,13H2,1-3H3,(H,18,21). The molecule has 0 bridgehead atoms. The largest absolute Gasteiger partial charge is 0.493 e. The Morgan fingerprint density at radius 2 is 1.79 bits per heavy atom. The summed E-state index contributed by atoms with van der Waals surface area (Å²) in [5.74, 6) is 1.34. The van der Waals surface area contributed by atoms with E-state index in [4.69, 9.17) is 14.2 Å². The number of carbonyl (C=O) groups excluding carboxylic acids is 1. The van der Waals surface area contributed by atoms with E-state index >= 15 is 0 Å². The third-order valence-corrected chi connectivity index (χ3v) is 4.16. The number of hydrogen-bond donors (Lipinski definition) is 1. The van der Waals surface area contributed by atoms with E-state index in [0.29, 0.717) is 18.0 Å². The number of hydrogen-bond acceptors (Lipinski definition) is 5. The van der Waals surface area contributed by atoms with E-state index in [1.54, 1.807) is 21.3 Å². The third-order valence-electron chi connectivity index (χ3n) is 4.16. The third kappa shape index (κ3) is 5.01. The summed E-state index contributed by atoms with van der Waals surface area (Å²) in [5.41, 5.74) is 0.972. The number of piperazine rings is 1. The van der Waals surface area contributed by atoms with Gasteiger partial charge in [-0.2, -0.15) is 0 Å². The van der Waals surface area contributed by atoms with Crippen molar-refractivity contribution < 1.29 is 19.0 Å². The molecule has 1 N–H and O–H groups in total. The van der Waals surface area contributed by atoms with Crippen molar-refractivity contribution in [2.24, 2.45) is 0 Å². The number of urea groups is 1. The van der Waals surface area contributed by atoms with Crippen molar-refractivity contribution in [1.29, 1.82) is 0 Å². The van der Waals surface area contributed by atoms with E-state index in [9.17, 15) is 4.79 Å². The van der Waals surface area contributed by atoms with Crippen molar-refractivity contribution in [3.8, 4) is 11.5 Å². The molecule has 0 unspecified atom stereocenters. The zero-order valence-corrected chi connectivity index (χ0v) is 14.7. The van der Waals surface area contributed by atoms with Crippen LogP contribution in [0.3, 0.4) is 0 Å². The molecule has 0 aromatic heterocycles. The minimum absolute atomic E-state index is 0.0313. The van der Waals surface area contributed by atoms with Gasteiger partial charge >= 0.3 is 6.03 Å². The highest BCUT2D eigenvalue weighted by atomic mass is 16.5. The number of ether oxygens (including phenoxy) is 3. The van der Waals surface area contributed by atoms with E-state index in [2.05, 4.69) is 10.2 Å². The second-order valence-electron chi connectivity index (χ2n) is 5.67. The monoisotopic (exact) mass is 337 g/mol. The first-order chi connectivity index (χ1) is 11.7. The molecule has 1 aromatic carbocycles. The topological polar surface area (TPSA) is 63.3 Å². The first-order valence-electron chi connectivity index (χ1n) is 8.13. The number of amides is 2. The predicted molar refractivity (Wildman–Crippen MR) is 91.7 cm³/mol. The van der Waals surface area contributed by atoms with E-state index < -0.39 is 0 Å². The predicted octanol–water partition coefficient (Wildman–Crippen LogP) is 1.18. The van der Waals surface area contributed by atoms with Gasteiger partial charge in [-0.1, -0.05) is 6.07 Å². The maximum atomic E-state index is 12.3. The van der Waals surface area contributed by atoms with Gasteiger partial charge in [-0.3, -0.25) is 4.90 Å². The first-order valence-corrected chi connectivity index (χ1v) is 8.13. The Hall–Kier alpha value is -1.99. The zero-order chi connectivity index (χ0) is 17.4. The molecule has 0 atom stereocenters. The quantitative estimate of drug-likeness (QED) is 0.809. The number of methoxy groups -OCH3 is 3. The van der Waals surface area contributed by atoms with E-state index in [1.807, 2.05) is 23.1 Å². The molecule has 0 spiro atoms. The van der Waals surface area contributed by atoms with Crippen LogP contribution in [0, 0.1) is 0 Å². The molecule has 24 heavy (non-hydrogen) atoms. The number of nitrogens with one attached hydrogen (secondary N) is 1. The Morgan fingerprint density at radius 1 is 1.08 bits per heavy atom. The Labute approximate surface area is 143 Å². The van der Waals surface area contributed by atoms with Crippen LogP contribution in [-0.4, -0.2) is 76.5 Å². The van der Waals surface area contributed by atoms with Crippen LogP contribution in [-0.2, 0) is 11.3 Å². The lowest BCUT2D eigenvalue weighted by atomic mass is 10.2. The molecule has 1 aromatic rings. The Morgan fingerprint density at radius 3 is 2.42 bits per heavy atom. The Balaban J connectivity index is 1.79. The van der Waals surface area contributed by atoms with Gasteiger partial charge in [-0.15, -0.1) is 0 Å². The van der Waals surface area contributed by atoms with Crippen LogP contribution in [0.25, 0.3) is 0 Å². The summed E-state index contributed by atoms with van der Waals surface area (Å²) in [7, 11) is 4.91. The van der Waals surface area contributed by atoms with Gasteiger partial charge in [0.2, 0.25) is 0 Å². The molecule has 1 aliphatic rings. The SMILES string of the molecule is COCCN1CCN(C(=O)NCc2ccc(OC)c(OC)c2)CC1. The first kappa shape index (κ1) is 18.4. The van der Waals surface area contributed by atoms with Crippen molar-refractivity contribution in [3.63, 3.8) is 0 Å². The number of rotatable bonds is 7. The lowest BCUT2D eigenvalue weighted by Crippen LogP contribution is -2.52. The molecular formula is C17H27N3O4. The van der Waals surface area contributed by atoms with Gasteiger partial charge in [0.1, 0.15) is 0 Å². The lowest BCUT2D eigenvalue weighted by Gasteiger charge is -2.34. The van der Waals surface area contributed by atoms with Gasteiger partial charge in [0, 0.05) is 46.4 Å². The summed E-state index contributed by atoms with van der Waals surface area (Å²) >= 11 is 0. The Kier molecular flexibility index (Phi) is 7.14. The molecule has 1 aliphatic heterocycles. The second-order valence-corrected chi connectivity index (χ2v) is 5.67. The van der Waals surface area contributed by atoms with Crippen molar-refractivity contribution in [2.45, 2.75) is 6.54 Å². The van der Waals surface area contributed by atoms with Crippen LogP contribution < -0.4 is 14.8 Å². The summed E-state index contributed by atoms with van der Waals surface area (Å²) in [6.45, 7) is 5.34. The summed E-state index contributed by atoms with van der Waals surface area (Å²) in [5, 5.41) is 2.96. The highest BCUT2D eigenvalue weighted by molar-refractivity contribution is 5.74. The van der Waals surface area contributed by atoms with Crippen LogP contribution in [0.2, 0.25) is 0 Å². The molecule has 1 saturated heterocycles. The Bertz CT molecular complexity index is 531. The lowest BCUT2D eigenvalue weighted by molar-refractivity contribution is 0.106. The average molecular weight is 337 g/mol. The fourth-order valence-corrected chi connectivity index (χ4v) is 2.68. The highest BCUT2D eigenvalue weighted by Gasteiger charge is 2.20. The van der Waals surface area contributed by atoms with Gasteiger partial charge in [0.25, 0.3) is 0 Å². The van der Waals surface area contributed by atoms with E-state index in [1.165, 1.54) is 0 Å². The zero-order valence-electron chi connectivity index (χ0n) is 14.7. The van der Waals surface area contributed by atoms with Crippen LogP contribution >= 0.6 is 0 Å². The summed E-state index contributed by atoms with van der Waals surface area (Å²) in [4.78, 5) is 16.4. The molecule has 7 nitrogen and oxygen atoms in total. The van der Waals surface area contributed by atoms with E-state index in [-0.39, 0.29) is 6.03 Å². The van der Waals surface area contributed by atoms with Gasteiger partial charge in [0.15, 0.2) is 11.5 Å². The number of carbonyl (C=O) groups is 1. The van der Waals surface area contributed by atoms with Gasteiger partial charge in [-0.05, 0) is 17.7 Å². The minimum atomic E-state index is -0.0313. The number of benzene rings is 1. The maximum absolute atomic E-state index is 12.3. The molecule has 0 saturated carbocycles. The number of nitrogens with zero attached hydrogens (tertiary/aromatic N) is 2. The van der Waals surface area contributed by atoms with Gasteiger partial charge < -0.3 is 24.4 Å². The smallest absolute Gasteiger partial charge is 0.317 e. The summed E-state index contributed by atoms with van der Waals surface area (Å²) in [6, 6.07) is 5.61. The highest BCUT2D eigenvalue weighted by Crippen LogP contribution is 2.27. The molecular weight excluding hydrogens is 310 g/mol. The molecule has 2 rings (SSSR count). The van der Waals surface area contributed by atoms with Crippen molar-refractivity contribution >= 4 is 6.03 Å². The fourth-order valence-electron chi connectivity index (χ4n) is 2.68. The maximum Gasteiger partial charge on any atom is 0.317 e. The normalized spacial score (nSPS) is 15.2. The van der Waals surface area contributed by atoms with Crippen molar-refractivity contribution in [3.05, 3.63) is 23.8 Å². The van der Waals surface area contributed by atoms with Crippen molar-refractivity contribution in [1.82, 2.24) is 15.1 Å². The van der Waals surface area contributed by atoms with Crippen LogP contribution in [0.5, 0.6) is 11.5 Å². The van der Waals surface area contributed by atoms with Gasteiger partial charge in [0.05, 0.1) is 20.8 Å². The minimum Gasteiger partial charge on any atom is -0.493 e. The molecule has 1 heterocycles. The second kappa shape index (κ2) is 9.34. The van der Waals surface area contributed by atoms with Crippen LogP contribution in [0.15, 0.2) is 18.2 Å². The molecule has 7 heteroatoms. The summed E-state index contributed by atoms with van der Waals surface area (Å²) < 4.78 is 15.6. The molecule has 1 fully saturated rings. The molecule has 0 aliphatic carbocycles. The summed E-state index contributed by atoms with van der Waals surface area (Å²) in [6.07, 6.45) is 0. The molecule has 2 amide bonds. The fraction of sp³-hybridized carbons (Fsp3) is 0.588. The van der Waals surface area contributed by atoms with Gasteiger partial charge in [-0.25, -0.2) is 4.79 Å². The molecule has 0 radical (unpaired) electrons. The van der Waals surface area contributed by atoms with Crippen LogP contribution in [0.1, 0.15) is 5.56 Å².